The van der Waals surface area contributed by atoms with Gasteiger partial charge in [0.15, 0.2) is 0 Å². The molecule has 4 aromatic carbocycles. The SMILES string of the molecule is Cc1ccc(S(=O)(=O)N(C)c2ccc(N(CC(O)CON=C3c4ccccc4-c4ccccc43)S(C)(=O)=O)cc2)cc1. The minimum absolute atomic E-state index is 0.147. The van der Waals surface area contributed by atoms with E-state index in [9.17, 15) is 21.9 Å². The molecule has 1 aliphatic rings. The summed E-state index contributed by atoms with van der Waals surface area (Å²) < 4.78 is 53.6. The maximum absolute atomic E-state index is 13.1. The van der Waals surface area contributed by atoms with Gasteiger partial charge < -0.3 is 9.94 Å². The molecule has 1 atom stereocenters. The van der Waals surface area contributed by atoms with Crippen LogP contribution in [0.5, 0.6) is 0 Å². The lowest BCUT2D eigenvalue weighted by atomic mass is 10.1. The van der Waals surface area contributed by atoms with Crippen LogP contribution >= 0.6 is 0 Å². The Kier molecular flexibility index (Phi) is 8.09. The van der Waals surface area contributed by atoms with Crippen LogP contribution < -0.4 is 8.61 Å². The highest BCUT2D eigenvalue weighted by atomic mass is 32.2. The number of aliphatic hydroxyl groups excluding tert-OH is 1. The monoisotopic (exact) mass is 605 g/mol. The topological polar surface area (TPSA) is 117 Å². The molecule has 4 aromatic rings. The van der Waals surface area contributed by atoms with Crippen LogP contribution in [-0.4, -0.2) is 60.2 Å². The number of benzene rings is 4. The fourth-order valence-corrected chi connectivity index (χ4v) is 6.94. The molecule has 5 rings (SSSR count). The third-order valence-electron chi connectivity index (χ3n) is 7.03. The van der Waals surface area contributed by atoms with E-state index in [1.54, 1.807) is 24.3 Å². The van der Waals surface area contributed by atoms with Gasteiger partial charge in [-0.3, -0.25) is 8.61 Å². The van der Waals surface area contributed by atoms with E-state index in [-0.39, 0.29) is 23.7 Å². The summed E-state index contributed by atoms with van der Waals surface area (Å²) in [7, 11) is -6.17. The molecule has 0 amide bonds. The van der Waals surface area contributed by atoms with E-state index in [0.717, 1.165) is 42.7 Å². The normalized spacial score (nSPS) is 13.2. The number of fused-ring (bicyclic) bond motifs is 3. The van der Waals surface area contributed by atoms with Crippen LogP contribution in [0.1, 0.15) is 16.7 Å². The Balaban J connectivity index is 1.29. The number of aliphatic hydroxyl groups is 1. The fraction of sp³-hybridized carbons (Fsp3) is 0.194. The molecular weight excluding hydrogens is 574 g/mol. The maximum atomic E-state index is 13.1. The van der Waals surface area contributed by atoms with Crippen molar-refractivity contribution in [3.63, 3.8) is 0 Å². The Morgan fingerprint density at radius 3 is 1.79 bits per heavy atom. The van der Waals surface area contributed by atoms with Gasteiger partial charge in [-0.2, -0.15) is 0 Å². The van der Waals surface area contributed by atoms with Crippen molar-refractivity contribution in [2.75, 3.05) is 35.1 Å². The minimum Gasteiger partial charge on any atom is -0.392 e. The molecule has 9 nitrogen and oxygen atoms in total. The molecule has 1 N–H and O–H groups in total. The summed E-state index contributed by atoms with van der Waals surface area (Å²) in [6, 6.07) is 28.2. The first-order valence-corrected chi connectivity index (χ1v) is 16.5. The van der Waals surface area contributed by atoms with Crippen molar-refractivity contribution >= 4 is 37.1 Å². The molecule has 0 aromatic heterocycles. The standard InChI is InChI=1S/C31H31N3O6S2/c1-22-12-18-26(19-13-22)42(38,39)33(2)23-14-16-24(17-15-23)34(41(3,36)37)20-25(35)21-40-32-31-29-10-6-4-8-27(29)28-9-5-7-11-30(28)31/h4-19,25,35H,20-21H2,1-3H3. The molecule has 1 aliphatic carbocycles. The lowest BCUT2D eigenvalue weighted by Crippen LogP contribution is -2.38. The van der Waals surface area contributed by atoms with E-state index < -0.39 is 26.2 Å². The van der Waals surface area contributed by atoms with Crippen LogP contribution in [-0.2, 0) is 24.9 Å². The van der Waals surface area contributed by atoms with E-state index in [4.69, 9.17) is 4.84 Å². The Morgan fingerprint density at radius 2 is 1.26 bits per heavy atom. The molecule has 0 spiro atoms. The molecule has 1 unspecified atom stereocenters. The van der Waals surface area contributed by atoms with Gasteiger partial charge in [0.1, 0.15) is 18.4 Å². The van der Waals surface area contributed by atoms with Crippen LogP contribution in [0, 0.1) is 6.92 Å². The largest absolute Gasteiger partial charge is 0.392 e. The number of sulfonamides is 2. The number of nitrogens with zero attached hydrogens (tertiary/aromatic N) is 3. The summed E-state index contributed by atoms with van der Waals surface area (Å²) in [6.07, 6.45) is -0.157. The predicted molar refractivity (Wildman–Crippen MR) is 165 cm³/mol. The van der Waals surface area contributed by atoms with Crippen molar-refractivity contribution in [1.29, 1.82) is 0 Å². The lowest BCUT2D eigenvalue weighted by molar-refractivity contribution is 0.0456. The van der Waals surface area contributed by atoms with Gasteiger partial charge in [-0.15, -0.1) is 0 Å². The van der Waals surface area contributed by atoms with Gasteiger partial charge in [-0.1, -0.05) is 71.4 Å². The molecule has 0 aliphatic heterocycles. The van der Waals surface area contributed by atoms with E-state index in [1.807, 2.05) is 55.5 Å². The van der Waals surface area contributed by atoms with Crippen molar-refractivity contribution in [1.82, 2.24) is 0 Å². The quantitative estimate of drug-likeness (QED) is 0.236. The van der Waals surface area contributed by atoms with E-state index in [1.165, 1.54) is 31.3 Å². The second-order valence-corrected chi connectivity index (χ2v) is 14.0. The molecule has 0 saturated carbocycles. The smallest absolute Gasteiger partial charge is 0.264 e. The Bertz CT molecular complexity index is 1790. The summed E-state index contributed by atoms with van der Waals surface area (Å²) in [5, 5.41) is 15.0. The molecule has 11 heteroatoms. The summed E-state index contributed by atoms with van der Waals surface area (Å²) >= 11 is 0. The van der Waals surface area contributed by atoms with Crippen LogP contribution in [0.15, 0.2) is 107 Å². The summed E-state index contributed by atoms with van der Waals surface area (Å²) in [5.41, 5.74) is 6.13. The summed E-state index contributed by atoms with van der Waals surface area (Å²) in [6.45, 7) is 1.35. The maximum Gasteiger partial charge on any atom is 0.264 e. The first-order valence-electron chi connectivity index (χ1n) is 13.2. The number of anilines is 2. The van der Waals surface area contributed by atoms with Crippen LogP contribution in [0.3, 0.4) is 0 Å². The van der Waals surface area contributed by atoms with Gasteiger partial charge in [0.2, 0.25) is 10.0 Å². The van der Waals surface area contributed by atoms with Crippen molar-refractivity contribution in [3.05, 3.63) is 114 Å². The van der Waals surface area contributed by atoms with E-state index in [0.29, 0.717) is 11.4 Å². The van der Waals surface area contributed by atoms with Gasteiger partial charge in [-0.05, 0) is 54.4 Å². The summed E-state index contributed by atoms with van der Waals surface area (Å²) in [4.78, 5) is 5.67. The zero-order chi connectivity index (χ0) is 30.1. The van der Waals surface area contributed by atoms with E-state index in [2.05, 4.69) is 5.16 Å². The van der Waals surface area contributed by atoms with Gasteiger partial charge >= 0.3 is 0 Å². The minimum atomic E-state index is -3.81. The van der Waals surface area contributed by atoms with Gasteiger partial charge in [0.05, 0.1) is 29.1 Å². The van der Waals surface area contributed by atoms with Crippen LogP contribution in [0.25, 0.3) is 11.1 Å². The first kappa shape index (κ1) is 29.3. The summed E-state index contributed by atoms with van der Waals surface area (Å²) in [5.74, 6) is 0. The average molecular weight is 606 g/mol. The number of hydrogen-bond donors (Lipinski definition) is 1. The first-order chi connectivity index (χ1) is 20.0. The molecule has 0 bridgehead atoms. The second-order valence-electron chi connectivity index (χ2n) is 10.1. The molecule has 42 heavy (non-hydrogen) atoms. The van der Waals surface area contributed by atoms with E-state index >= 15 is 0 Å². The Hall–Kier alpha value is -4.19. The number of hydrogen-bond acceptors (Lipinski definition) is 7. The molecular formula is C31H31N3O6S2. The van der Waals surface area contributed by atoms with Crippen molar-refractivity contribution in [2.24, 2.45) is 5.16 Å². The van der Waals surface area contributed by atoms with Gasteiger partial charge in [0.25, 0.3) is 10.0 Å². The third kappa shape index (κ3) is 5.89. The Morgan fingerprint density at radius 1 is 0.762 bits per heavy atom. The predicted octanol–water partition coefficient (Wildman–Crippen LogP) is 4.40. The van der Waals surface area contributed by atoms with Gasteiger partial charge in [-0.25, -0.2) is 16.8 Å². The molecule has 0 saturated heterocycles. The average Bonchev–Trinajstić information content (AvgIpc) is 3.29. The molecule has 218 valence electrons. The molecule has 0 fully saturated rings. The Labute approximate surface area is 246 Å². The number of rotatable bonds is 10. The van der Waals surface area contributed by atoms with Crippen molar-refractivity contribution in [2.45, 2.75) is 17.9 Å². The van der Waals surface area contributed by atoms with Crippen LogP contribution in [0.4, 0.5) is 11.4 Å². The number of oxime groups is 1. The number of aryl methyl sites for hydroxylation is 1. The van der Waals surface area contributed by atoms with Gasteiger partial charge in [0, 0.05) is 18.2 Å². The highest BCUT2D eigenvalue weighted by Crippen LogP contribution is 2.36. The highest BCUT2D eigenvalue weighted by molar-refractivity contribution is 7.93. The molecule has 0 heterocycles. The van der Waals surface area contributed by atoms with Crippen molar-refractivity contribution < 1.29 is 26.8 Å². The molecule has 0 radical (unpaired) electrons. The second kappa shape index (κ2) is 11.6. The third-order valence-corrected chi connectivity index (χ3v) is 10.00. The zero-order valence-corrected chi connectivity index (χ0v) is 25.0. The zero-order valence-electron chi connectivity index (χ0n) is 23.4. The van der Waals surface area contributed by atoms with Crippen molar-refractivity contribution in [3.8, 4) is 11.1 Å². The van der Waals surface area contributed by atoms with Crippen LogP contribution in [0.2, 0.25) is 0 Å². The fourth-order valence-electron chi connectivity index (χ4n) is 4.79. The lowest BCUT2D eigenvalue weighted by Gasteiger charge is -2.26. The highest BCUT2D eigenvalue weighted by Gasteiger charge is 2.26.